The summed E-state index contributed by atoms with van der Waals surface area (Å²) in [5, 5.41) is 7.53. The monoisotopic (exact) mass is 340 g/mol. The summed E-state index contributed by atoms with van der Waals surface area (Å²) < 4.78 is 2.00. The second-order valence-electron chi connectivity index (χ2n) is 7.25. The Morgan fingerprint density at radius 1 is 1.32 bits per heavy atom. The number of carbonyl (C=O) groups excluding carboxylic acids is 1. The maximum atomic E-state index is 13.0. The summed E-state index contributed by atoms with van der Waals surface area (Å²) in [5.41, 5.74) is 2.23. The number of aromatic nitrogens is 2. The number of rotatable bonds is 6. The van der Waals surface area contributed by atoms with E-state index in [4.69, 9.17) is 0 Å². The number of aryl methyl sites for hydroxylation is 1. The van der Waals surface area contributed by atoms with E-state index in [1.807, 2.05) is 42.9 Å². The molecule has 1 aromatic carbocycles. The van der Waals surface area contributed by atoms with Crippen molar-refractivity contribution in [1.82, 2.24) is 20.0 Å². The number of hydrogen-bond acceptors (Lipinski definition) is 3. The zero-order valence-corrected chi connectivity index (χ0v) is 15.4. The van der Waals surface area contributed by atoms with Crippen LogP contribution < -0.4 is 5.32 Å². The molecule has 134 valence electrons. The summed E-state index contributed by atoms with van der Waals surface area (Å²) >= 11 is 0. The number of nitrogens with zero attached hydrogens (tertiary/aromatic N) is 3. The van der Waals surface area contributed by atoms with Crippen molar-refractivity contribution in [2.45, 2.75) is 58.3 Å². The van der Waals surface area contributed by atoms with Crippen molar-refractivity contribution in [3.8, 4) is 0 Å². The van der Waals surface area contributed by atoms with Gasteiger partial charge in [-0.05, 0) is 51.3 Å². The first kappa shape index (κ1) is 17.7. The smallest absolute Gasteiger partial charge is 0.242 e. The van der Waals surface area contributed by atoms with Gasteiger partial charge in [-0.15, -0.1) is 0 Å². The first-order chi connectivity index (χ1) is 12.0. The highest BCUT2D eigenvalue weighted by Crippen LogP contribution is 2.30. The maximum Gasteiger partial charge on any atom is 0.242 e. The summed E-state index contributed by atoms with van der Waals surface area (Å²) in [5.74, 6) is 0.0877. The van der Waals surface area contributed by atoms with E-state index in [1.165, 1.54) is 5.56 Å². The third-order valence-corrected chi connectivity index (χ3v) is 4.71. The van der Waals surface area contributed by atoms with Crippen molar-refractivity contribution in [3.05, 3.63) is 53.9 Å². The summed E-state index contributed by atoms with van der Waals surface area (Å²) in [6.07, 6.45) is 6.17. The van der Waals surface area contributed by atoms with Gasteiger partial charge in [0, 0.05) is 18.3 Å². The Kier molecular flexibility index (Phi) is 5.53. The summed E-state index contributed by atoms with van der Waals surface area (Å²) in [6, 6.07) is 10.3. The standard InChI is InChI=1S/C20H28N4O/c1-15(2)22-20(25)19(17-8-5-4-6-9-17)24-11-7-10-18(24)14-23-13-16(3)12-21-23/h4-6,8-9,12-13,15,18-19H,7,10-11,14H2,1-3H3,(H,22,25)/t18-,19+/m1/s1. The highest BCUT2D eigenvalue weighted by Gasteiger charge is 2.36. The number of amides is 1. The Hall–Kier alpha value is -2.14. The predicted molar refractivity (Wildman–Crippen MR) is 99.2 cm³/mol. The molecule has 2 atom stereocenters. The lowest BCUT2D eigenvalue weighted by molar-refractivity contribution is -0.127. The van der Waals surface area contributed by atoms with Crippen molar-refractivity contribution in [1.29, 1.82) is 0 Å². The first-order valence-corrected chi connectivity index (χ1v) is 9.14. The lowest BCUT2D eigenvalue weighted by Gasteiger charge is -2.33. The van der Waals surface area contributed by atoms with Crippen molar-refractivity contribution in [3.63, 3.8) is 0 Å². The molecule has 1 aromatic heterocycles. The SMILES string of the molecule is Cc1cnn(C[C@H]2CCCN2[C@H](C(=O)NC(C)C)c2ccccc2)c1. The molecule has 25 heavy (non-hydrogen) atoms. The number of benzene rings is 1. The average molecular weight is 340 g/mol. The van der Waals surface area contributed by atoms with E-state index >= 15 is 0 Å². The number of carbonyl (C=O) groups is 1. The van der Waals surface area contributed by atoms with Crippen molar-refractivity contribution in [2.75, 3.05) is 6.54 Å². The van der Waals surface area contributed by atoms with Gasteiger partial charge in [0.15, 0.2) is 0 Å². The van der Waals surface area contributed by atoms with E-state index in [1.54, 1.807) is 0 Å². The molecule has 5 nitrogen and oxygen atoms in total. The fourth-order valence-corrected chi connectivity index (χ4v) is 3.67. The van der Waals surface area contributed by atoms with E-state index in [2.05, 4.69) is 40.6 Å². The molecule has 0 radical (unpaired) electrons. The Balaban J connectivity index is 1.84. The van der Waals surface area contributed by atoms with Crippen molar-refractivity contribution < 1.29 is 4.79 Å². The van der Waals surface area contributed by atoms with Crippen LogP contribution in [0.25, 0.3) is 0 Å². The van der Waals surface area contributed by atoms with Crippen molar-refractivity contribution >= 4 is 5.91 Å². The fourth-order valence-electron chi connectivity index (χ4n) is 3.67. The predicted octanol–water partition coefficient (Wildman–Crippen LogP) is 2.92. The molecule has 1 amide bonds. The fraction of sp³-hybridized carbons (Fsp3) is 0.500. The Labute approximate surface area is 150 Å². The van der Waals surface area contributed by atoms with E-state index in [9.17, 15) is 4.79 Å². The van der Waals surface area contributed by atoms with Gasteiger partial charge in [0.2, 0.25) is 5.91 Å². The zero-order valence-electron chi connectivity index (χ0n) is 15.4. The van der Waals surface area contributed by atoms with Crippen LogP contribution in [0.1, 0.15) is 43.9 Å². The minimum atomic E-state index is -0.243. The van der Waals surface area contributed by atoms with Crippen LogP contribution in [0.2, 0.25) is 0 Å². The molecular formula is C20H28N4O. The molecule has 2 aromatic rings. The Bertz CT molecular complexity index is 695. The van der Waals surface area contributed by atoms with Crippen LogP contribution in [-0.4, -0.2) is 39.2 Å². The van der Waals surface area contributed by atoms with Crippen molar-refractivity contribution in [2.24, 2.45) is 0 Å². The molecule has 3 rings (SSSR count). The minimum Gasteiger partial charge on any atom is -0.352 e. The van der Waals surface area contributed by atoms with Gasteiger partial charge in [0.25, 0.3) is 0 Å². The van der Waals surface area contributed by atoms with Gasteiger partial charge in [-0.1, -0.05) is 30.3 Å². The molecular weight excluding hydrogens is 312 g/mol. The Morgan fingerprint density at radius 3 is 2.72 bits per heavy atom. The zero-order chi connectivity index (χ0) is 17.8. The number of likely N-dealkylation sites (tertiary alicyclic amines) is 1. The first-order valence-electron chi connectivity index (χ1n) is 9.14. The van der Waals surface area contributed by atoms with Crippen LogP contribution in [0.5, 0.6) is 0 Å². The topological polar surface area (TPSA) is 50.2 Å². The second-order valence-corrected chi connectivity index (χ2v) is 7.25. The van der Waals surface area contributed by atoms with Gasteiger partial charge in [-0.25, -0.2) is 0 Å². The molecule has 0 saturated carbocycles. The van der Waals surface area contributed by atoms with Gasteiger partial charge < -0.3 is 5.32 Å². The molecule has 1 saturated heterocycles. The van der Waals surface area contributed by atoms with E-state index in [0.717, 1.165) is 31.5 Å². The van der Waals surface area contributed by atoms with E-state index < -0.39 is 0 Å². The molecule has 1 N–H and O–H groups in total. The van der Waals surface area contributed by atoms with Crippen LogP contribution in [0.4, 0.5) is 0 Å². The molecule has 1 fully saturated rings. The quantitative estimate of drug-likeness (QED) is 0.880. The lowest BCUT2D eigenvalue weighted by atomic mass is 10.0. The number of hydrogen-bond donors (Lipinski definition) is 1. The van der Waals surface area contributed by atoms with E-state index in [-0.39, 0.29) is 18.0 Å². The number of nitrogens with one attached hydrogen (secondary N) is 1. The minimum absolute atomic E-state index is 0.0877. The molecule has 5 heteroatoms. The molecule has 1 aliphatic heterocycles. The van der Waals surface area contributed by atoms with Gasteiger partial charge in [-0.2, -0.15) is 5.10 Å². The Morgan fingerprint density at radius 2 is 2.08 bits per heavy atom. The molecule has 0 unspecified atom stereocenters. The van der Waals surface area contributed by atoms with Gasteiger partial charge in [0.1, 0.15) is 6.04 Å². The van der Waals surface area contributed by atoms with Crippen LogP contribution >= 0.6 is 0 Å². The van der Waals surface area contributed by atoms with Crippen LogP contribution in [0, 0.1) is 6.92 Å². The third kappa shape index (κ3) is 4.28. The molecule has 0 bridgehead atoms. The summed E-state index contributed by atoms with van der Waals surface area (Å²) in [7, 11) is 0. The molecule has 0 aliphatic carbocycles. The van der Waals surface area contributed by atoms with Crippen LogP contribution in [0.15, 0.2) is 42.7 Å². The average Bonchev–Trinajstić information content (AvgIpc) is 3.18. The maximum absolute atomic E-state index is 13.0. The van der Waals surface area contributed by atoms with E-state index in [0.29, 0.717) is 6.04 Å². The largest absolute Gasteiger partial charge is 0.352 e. The highest BCUT2D eigenvalue weighted by molar-refractivity contribution is 5.83. The second kappa shape index (κ2) is 7.83. The molecule has 1 aliphatic rings. The van der Waals surface area contributed by atoms with Gasteiger partial charge >= 0.3 is 0 Å². The normalized spacial score (nSPS) is 19.3. The van der Waals surface area contributed by atoms with Crippen LogP contribution in [-0.2, 0) is 11.3 Å². The van der Waals surface area contributed by atoms with Gasteiger partial charge in [-0.3, -0.25) is 14.4 Å². The van der Waals surface area contributed by atoms with Crippen LogP contribution in [0.3, 0.4) is 0 Å². The summed E-state index contributed by atoms with van der Waals surface area (Å²) in [6.45, 7) is 7.84. The summed E-state index contributed by atoms with van der Waals surface area (Å²) in [4.78, 5) is 15.3. The van der Waals surface area contributed by atoms with Gasteiger partial charge in [0.05, 0.1) is 12.7 Å². The molecule has 2 heterocycles. The third-order valence-electron chi connectivity index (χ3n) is 4.71. The highest BCUT2D eigenvalue weighted by atomic mass is 16.2. The molecule has 0 spiro atoms. The lowest BCUT2D eigenvalue weighted by Crippen LogP contribution is -2.45.